The third-order valence-electron chi connectivity index (χ3n) is 1.95. The molecule has 1 aromatic carbocycles. The largest absolute Gasteiger partial charge is 0.473 e. The molecule has 0 saturated carbocycles. The van der Waals surface area contributed by atoms with Gasteiger partial charge in [-0.1, -0.05) is 18.2 Å². The fraction of sp³-hybridized carbons (Fsp3) is 0. The Morgan fingerprint density at radius 3 is 2.25 bits per heavy atom. The first-order valence-electron chi connectivity index (χ1n) is 4.82. The molecule has 80 valence electrons. The van der Waals surface area contributed by atoms with E-state index in [9.17, 15) is 4.79 Å². The van der Waals surface area contributed by atoms with Crippen molar-refractivity contribution in [2.45, 2.75) is 0 Å². The quantitative estimate of drug-likeness (QED) is 0.540. The lowest BCUT2D eigenvalue weighted by Crippen LogP contribution is -1.93. The minimum absolute atomic E-state index is 0.302. The molecule has 0 aliphatic heterocycles. The van der Waals surface area contributed by atoms with Crippen molar-refractivity contribution in [2.24, 2.45) is 0 Å². The Morgan fingerprint density at radius 1 is 0.812 bits per heavy atom. The Balaban J connectivity index is 0.000000162. The number of rotatable bonds is 0. The molecule has 0 saturated heterocycles. The topological polar surface area (TPSA) is 43.4 Å². The summed E-state index contributed by atoms with van der Waals surface area (Å²) in [5.41, 5.74) is 0.337. The van der Waals surface area contributed by atoms with E-state index in [1.165, 1.54) is 6.07 Å². The predicted molar refractivity (Wildman–Crippen MR) is 61.2 cm³/mol. The molecule has 3 aromatic rings. The molecule has 0 fully saturated rings. The van der Waals surface area contributed by atoms with Gasteiger partial charge in [0.2, 0.25) is 0 Å². The van der Waals surface area contributed by atoms with Crippen molar-refractivity contribution in [2.75, 3.05) is 0 Å². The molecule has 0 bridgehead atoms. The van der Waals surface area contributed by atoms with Crippen molar-refractivity contribution in [1.29, 1.82) is 0 Å². The van der Waals surface area contributed by atoms with Crippen LogP contribution in [0.15, 0.2) is 74.7 Å². The molecule has 0 aliphatic rings. The molecule has 0 radical (unpaired) electrons. The standard InChI is InChI=1S/C9H6O2.C4H4O/c10-9-6-5-7-3-1-2-4-8(7)11-9;1-2-4-5-3-1/h1-6H;1-4H. The highest BCUT2D eigenvalue weighted by Gasteiger charge is 1.92. The number of para-hydroxylation sites is 1. The molecule has 0 amide bonds. The Hall–Kier alpha value is -2.29. The summed E-state index contributed by atoms with van der Waals surface area (Å²) in [5.74, 6) is 0. The fourth-order valence-electron chi connectivity index (χ4n) is 1.24. The smallest absolute Gasteiger partial charge is 0.336 e. The van der Waals surface area contributed by atoms with Gasteiger partial charge < -0.3 is 8.83 Å². The zero-order valence-corrected chi connectivity index (χ0v) is 8.50. The van der Waals surface area contributed by atoms with Gasteiger partial charge in [-0.2, -0.15) is 0 Å². The molecule has 0 unspecified atom stereocenters. The molecule has 2 aromatic heterocycles. The summed E-state index contributed by atoms with van der Waals surface area (Å²) in [4.78, 5) is 10.7. The minimum Gasteiger partial charge on any atom is -0.473 e. The van der Waals surface area contributed by atoms with Crippen LogP contribution in [0.4, 0.5) is 0 Å². The first-order valence-corrected chi connectivity index (χ1v) is 4.82. The summed E-state index contributed by atoms with van der Waals surface area (Å²) in [7, 11) is 0. The van der Waals surface area contributed by atoms with Gasteiger partial charge in [0.25, 0.3) is 0 Å². The molecule has 0 atom stereocenters. The second-order valence-electron chi connectivity index (χ2n) is 3.09. The molecule has 0 N–H and O–H groups in total. The highest BCUT2D eigenvalue weighted by atomic mass is 16.4. The maximum atomic E-state index is 10.7. The summed E-state index contributed by atoms with van der Waals surface area (Å²) in [5, 5.41) is 0.951. The van der Waals surface area contributed by atoms with E-state index in [0.29, 0.717) is 5.58 Å². The van der Waals surface area contributed by atoms with Crippen LogP contribution in [0.5, 0.6) is 0 Å². The van der Waals surface area contributed by atoms with Crippen LogP contribution in [-0.4, -0.2) is 0 Å². The van der Waals surface area contributed by atoms with Crippen LogP contribution in [0.25, 0.3) is 11.0 Å². The van der Waals surface area contributed by atoms with Crippen LogP contribution in [0.3, 0.4) is 0 Å². The third-order valence-corrected chi connectivity index (χ3v) is 1.95. The van der Waals surface area contributed by atoms with E-state index in [0.717, 1.165) is 5.39 Å². The predicted octanol–water partition coefficient (Wildman–Crippen LogP) is 3.07. The summed E-state index contributed by atoms with van der Waals surface area (Å²) in [6, 6.07) is 14.3. The van der Waals surface area contributed by atoms with Gasteiger partial charge in [-0.25, -0.2) is 4.79 Å². The number of fused-ring (bicyclic) bond motifs is 1. The second kappa shape index (κ2) is 4.98. The molecule has 2 heterocycles. The normalized spacial score (nSPS) is 9.50. The number of hydrogen-bond acceptors (Lipinski definition) is 3. The lowest BCUT2D eigenvalue weighted by Gasteiger charge is -1.91. The maximum Gasteiger partial charge on any atom is 0.336 e. The minimum atomic E-state index is -0.302. The average Bonchev–Trinajstić information content (AvgIpc) is 2.87. The molecular formula is C13H10O3. The molecule has 16 heavy (non-hydrogen) atoms. The molecule has 0 spiro atoms. The first kappa shape index (κ1) is 10.2. The van der Waals surface area contributed by atoms with E-state index in [-0.39, 0.29) is 5.63 Å². The SMILES string of the molecule is O=c1ccc2ccccc2o1.c1ccoc1. The third kappa shape index (κ3) is 2.60. The lowest BCUT2D eigenvalue weighted by atomic mass is 10.2. The number of furan rings is 1. The van der Waals surface area contributed by atoms with Crippen LogP contribution in [0.1, 0.15) is 0 Å². The van der Waals surface area contributed by atoms with E-state index in [4.69, 9.17) is 4.42 Å². The van der Waals surface area contributed by atoms with Crippen LogP contribution in [0.2, 0.25) is 0 Å². The fourth-order valence-corrected chi connectivity index (χ4v) is 1.24. The van der Waals surface area contributed by atoms with Gasteiger partial charge in [0.1, 0.15) is 5.58 Å². The van der Waals surface area contributed by atoms with Gasteiger partial charge in [0, 0.05) is 11.5 Å². The summed E-state index contributed by atoms with van der Waals surface area (Å²) < 4.78 is 9.49. The molecule has 0 aliphatic carbocycles. The van der Waals surface area contributed by atoms with E-state index in [1.807, 2.05) is 30.3 Å². The lowest BCUT2D eigenvalue weighted by molar-refractivity contribution is 0.561. The van der Waals surface area contributed by atoms with Crippen LogP contribution < -0.4 is 5.63 Å². The Bertz CT molecular complexity index is 576. The van der Waals surface area contributed by atoms with Gasteiger partial charge in [-0.15, -0.1) is 0 Å². The van der Waals surface area contributed by atoms with Crippen molar-refractivity contribution in [1.82, 2.24) is 0 Å². The zero-order valence-electron chi connectivity index (χ0n) is 8.50. The second-order valence-corrected chi connectivity index (χ2v) is 3.09. The van der Waals surface area contributed by atoms with E-state index in [1.54, 1.807) is 24.7 Å². The van der Waals surface area contributed by atoms with E-state index in [2.05, 4.69) is 4.42 Å². The van der Waals surface area contributed by atoms with Gasteiger partial charge in [0.05, 0.1) is 12.5 Å². The number of benzene rings is 1. The monoisotopic (exact) mass is 214 g/mol. The summed E-state index contributed by atoms with van der Waals surface area (Å²) in [6.07, 6.45) is 3.25. The van der Waals surface area contributed by atoms with Crippen molar-refractivity contribution < 1.29 is 8.83 Å². The summed E-state index contributed by atoms with van der Waals surface area (Å²) >= 11 is 0. The van der Waals surface area contributed by atoms with E-state index < -0.39 is 0 Å². The maximum absolute atomic E-state index is 10.7. The van der Waals surface area contributed by atoms with Gasteiger partial charge in [0.15, 0.2) is 0 Å². The highest BCUT2D eigenvalue weighted by Crippen LogP contribution is 2.08. The van der Waals surface area contributed by atoms with Crippen molar-refractivity contribution in [3.63, 3.8) is 0 Å². The molecule has 3 rings (SSSR count). The van der Waals surface area contributed by atoms with Crippen LogP contribution in [0, 0.1) is 0 Å². The van der Waals surface area contributed by atoms with Crippen molar-refractivity contribution >= 4 is 11.0 Å². The first-order chi connectivity index (χ1) is 7.86. The molecule has 3 heteroatoms. The molecule has 3 nitrogen and oxygen atoms in total. The van der Waals surface area contributed by atoms with Gasteiger partial charge in [-0.3, -0.25) is 0 Å². The van der Waals surface area contributed by atoms with Gasteiger partial charge in [-0.05, 0) is 24.3 Å². The van der Waals surface area contributed by atoms with E-state index >= 15 is 0 Å². The van der Waals surface area contributed by atoms with Crippen LogP contribution in [-0.2, 0) is 0 Å². The van der Waals surface area contributed by atoms with Crippen molar-refractivity contribution in [3.05, 3.63) is 71.5 Å². The van der Waals surface area contributed by atoms with Gasteiger partial charge >= 0.3 is 5.63 Å². The number of hydrogen-bond donors (Lipinski definition) is 0. The summed E-state index contributed by atoms with van der Waals surface area (Å²) in [6.45, 7) is 0. The Labute approximate surface area is 91.9 Å². The Kier molecular flexibility index (Phi) is 3.18. The average molecular weight is 214 g/mol. The molecular weight excluding hydrogens is 204 g/mol. The highest BCUT2D eigenvalue weighted by molar-refractivity contribution is 5.75. The van der Waals surface area contributed by atoms with Crippen molar-refractivity contribution in [3.8, 4) is 0 Å². The van der Waals surface area contributed by atoms with Crippen LogP contribution >= 0.6 is 0 Å². The Morgan fingerprint density at radius 2 is 1.56 bits per heavy atom. The zero-order chi connectivity index (χ0) is 11.2.